The van der Waals surface area contributed by atoms with E-state index in [1.54, 1.807) is 48.4 Å². The van der Waals surface area contributed by atoms with E-state index in [4.69, 9.17) is 4.74 Å². The molecule has 1 aromatic heterocycles. The van der Waals surface area contributed by atoms with Gasteiger partial charge in [0.15, 0.2) is 0 Å². The highest BCUT2D eigenvalue weighted by Crippen LogP contribution is 2.28. The molecular formula is C28H37N3O5S. The maximum absolute atomic E-state index is 13.5. The monoisotopic (exact) mass is 527 g/mol. The van der Waals surface area contributed by atoms with Crippen LogP contribution in [0.4, 0.5) is 0 Å². The van der Waals surface area contributed by atoms with Crippen LogP contribution in [0.15, 0.2) is 41.4 Å². The zero-order chi connectivity index (χ0) is 27.3. The Morgan fingerprint density at radius 3 is 2.54 bits per heavy atom. The van der Waals surface area contributed by atoms with E-state index in [1.807, 2.05) is 13.8 Å². The van der Waals surface area contributed by atoms with E-state index in [0.29, 0.717) is 11.5 Å². The summed E-state index contributed by atoms with van der Waals surface area (Å²) in [5.74, 6) is 6.17. The molecule has 1 N–H and O–H groups in total. The number of sulfonamides is 1. The highest BCUT2D eigenvalue weighted by Gasteiger charge is 2.35. The molecule has 0 saturated carbocycles. The van der Waals surface area contributed by atoms with Gasteiger partial charge >= 0.3 is 0 Å². The highest BCUT2D eigenvalue weighted by atomic mass is 32.2. The zero-order valence-corrected chi connectivity index (χ0v) is 23.2. The van der Waals surface area contributed by atoms with E-state index >= 15 is 0 Å². The van der Waals surface area contributed by atoms with Crippen molar-refractivity contribution in [3.8, 4) is 17.7 Å². The SMILES string of the molecule is Cc1ccc(S(=O)(=O)N(C)C[C@H]2Oc3ncc(C#CCC(C)C)cc3C(=O)N([C@@H](C)CO)C[C@@H]2C)cc1. The second-order valence-corrected chi connectivity index (χ2v) is 12.2. The van der Waals surface area contributed by atoms with Gasteiger partial charge < -0.3 is 14.7 Å². The molecule has 0 fully saturated rings. The molecule has 1 aromatic carbocycles. The van der Waals surface area contributed by atoms with E-state index in [2.05, 4.69) is 30.7 Å². The third-order valence-electron chi connectivity index (χ3n) is 6.43. The lowest BCUT2D eigenvalue weighted by atomic mass is 10.00. The first-order chi connectivity index (χ1) is 17.4. The Morgan fingerprint density at radius 1 is 1.24 bits per heavy atom. The van der Waals surface area contributed by atoms with Crippen LogP contribution in [0.5, 0.6) is 5.88 Å². The van der Waals surface area contributed by atoms with Crippen LogP contribution >= 0.6 is 0 Å². The van der Waals surface area contributed by atoms with Gasteiger partial charge in [-0.2, -0.15) is 4.31 Å². The number of ether oxygens (including phenoxy) is 1. The summed E-state index contributed by atoms with van der Waals surface area (Å²) < 4.78 is 34.0. The average Bonchev–Trinajstić information content (AvgIpc) is 2.85. The molecule has 8 nitrogen and oxygen atoms in total. The van der Waals surface area contributed by atoms with E-state index in [-0.39, 0.29) is 47.9 Å². The summed E-state index contributed by atoms with van der Waals surface area (Å²) in [6.07, 6.45) is 1.70. The maximum Gasteiger partial charge on any atom is 0.259 e. The van der Waals surface area contributed by atoms with Gasteiger partial charge in [-0.15, -0.1) is 0 Å². The molecule has 200 valence electrons. The molecule has 3 atom stereocenters. The predicted octanol–water partition coefficient (Wildman–Crippen LogP) is 3.33. The topological polar surface area (TPSA) is 100 Å². The number of hydrogen-bond donors (Lipinski definition) is 1. The first kappa shape index (κ1) is 28.6. The molecule has 2 heterocycles. The Bertz CT molecular complexity index is 1260. The standard InChI is InChI=1S/C28H37N3O5S/c1-19(2)8-7-9-23-14-25-27(29-15-23)36-26(21(4)16-31(28(25)33)22(5)18-32)17-30(6)37(34,35)24-12-10-20(3)11-13-24/h10-15,19,21-22,26,32H,8,16-18H2,1-6H3/t21-,22-,26+/m0/s1. The summed E-state index contributed by atoms with van der Waals surface area (Å²) in [6, 6.07) is 7.92. The van der Waals surface area contributed by atoms with Gasteiger partial charge in [0.05, 0.1) is 24.1 Å². The number of hydrogen-bond acceptors (Lipinski definition) is 6. The van der Waals surface area contributed by atoms with Gasteiger partial charge in [0.2, 0.25) is 15.9 Å². The van der Waals surface area contributed by atoms with Crippen molar-refractivity contribution < 1.29 is 23.1 Å². The summed E-state index contributed by atoms with van der Waals surface area (Å²) in [4.78, 5) is 19.7. The number of nitrogens with zero attached hydrogens (tertiary/aromatic N) is 3. The normalized spacial score (nSPS) is 18.9. The second-order valence-electron chi connectivity index (χ2n) is 10.2. The fourth-order valence-corrected chi connectivity index (χ4v) is 5.17. The molecule has 3 rings (SSSR count). The fraction of sp³-hybridized carbons (Fsp3) is 0.500. The van der Waals surface area contributed by atoms with Crippen molar-refractivity contribution in [1.82, 2.24) is 14.2 Å². The number of carbonyl (C=O) groups excluding carboxylic acids is 1. The molecule has 1 amide bonds. The number of aromatic nitrogens is 1. The molecule has 9 heteroatoms. The van der Waals surface area contributed by atoms with Crippen LogP contribution in [0, 0.1) is 30.6 Å². The first-order valence-electron chi connectivity index (χ1n) is 12.5. The Hall–Kier alpha value is -2.93. The Labute approximate surface area is 220 Å². The molecule has 0 bridgehead atoms. The molecular weight excluding hydrogens is 490 g/mol. The van der Waals surface area contributed by atoms with Crippen LogP contribution in [-0.4, -0.2) is 72.5 Å². The predicted molar refractivity (Wildman–Crippen MR) is 143 cm³/mol. The number of aliphatic hydroxyl groups is 1. The number of rotatable bonds is 7. The summed E-state index contributed by atoms with van der Waals surface area (Å²) in [5.41, 5.74) is 1.81. The summed E-state index contributed by atoms with van der Waals surface area (Å²) in [6.45, 7) is 9.87. The smallest absolute Gasteiger partial charge is 0.259 e. The van der Waals surface area contributed by atoms with Crippen molar-refractivity contribution in [2.24, 2.45) is 11.8 Å². The van der Waals surface area contributed by atoms with Crippen LogP contribution in [0.3, 0.4) is 0 Å². The van der Waals surface area contributed by atoms with E-state index in [0.717, 1.165) is 12.0 Å². The fourth-order valence-electron chi connectivity index (χ4n) is 3.99. The lowest BCUT2D eigenvalue weighted by Gasteiger charge is -2.37. The van der Waals surface area contributed by atoms with Gasteiger partial charge in [-0.05, 0) is 38.0 Å². The van der Waals surface area contributed by atoms with Crippen molar-refractivity contribution in [3.63, 3.8) is 0 Å². The summed E-state index contributed by atoms with van der Waals surface area (Å²) in [7, 11) is -2.23. The molecule has 2 aromatic rings. The minimum absolute atomic E-state index is 0.0595. The second kappa shape index (κ2) is 12.1. The van der Waals surface area contributed by atoms with Gasteiger partial charge in [-0.3, -0.25) is 4.79 Å². The van der Waals surface area contributed by atoms with E-state index in [9.17, 15) is 18.3 Å². The van der Waals surface area contributed by atoms with Gasteiger partial charge in [0, 0.05) is 37.7 Å². The molecule has 0 aliphatic carbocycles. The number of benzene rings is 1. The number of aliphatic hydroxyl groups excluding tert-OH is 1. The number of aryl methyl sites for hydroxylation is 1. The van der Waals surface area contributed by atoms with Crippen molar-refractivity contribution in [2.75, 3.05) is 26.7 Å². The van der Waals surface area contributed by atoms with Gasteiger partial charge in [-0.1, -0.05) is 50.3 Å². The third kappa shape index (κ3) is 6.89. The molecule has 0 unspecified atom stereocenters. The molecule has 1 aliphatic heterocycles. The van der Waals surface area contributed by atoms with E-state index < -0.39 is 22.2 Å². The number of likely N-dealkylation sites (N-methyl/N-ethyl adjacent to an activating group) is 1. The minimum Gasteiger partial charge on any atom is -0.472 e. The lowest BCUT2D eigenvalue weighted by Crippen LogP contribution is -2.50. The Morgan fingerprint density at radius 2 is 1.92 bits per heavy atom. The van der Waals surface area contributed by atoms with Crippen LogP contribution < -0.4 is 4.74 Å². The molecule has 37 heavy (non-hydrogen) atoms. The Balaban J connectivity index is 1.96. The van der Waals surface area contributed by atoms with Crippen molar-refractivity contribution in [1.29, 1.82) is 0 Å². The van der Waals surface area contributed by atoms with Crippen LogP contribution in [-0.2, 0) is 10.0 Å². The van der Waals surface area contributed by atoms with Gasteiger partial charge in [0.1, 0.15) is 11.7 Å². The molecule has 1 aliphatic rings. The van der Waals surface area contributed by atoms with Crippen molar-refractivity contribution in [3.05, 3.63) is 53.2 Å². The number of pyridine rings is 1. The van der Waals surface area contributed by atoms with Crippen molar-refractivity contribution in [2.45, 2.75) is 58.1 Å². The Kier molecular flexibility index (Phi) is 9.35. The van der Waals surface area contributed by atoms with Crippen LogP contribution in [0.2, 0.25) is 0 Å². The van der Waals surface area contributed by atoms with E-state index in [1.165, 1.54) is 11.4 Å². The number of fused-ring (bicyclic) bond motifs is 1. The average molecular weight is 528 g/mol. The van der Waals surface area contributed by atoms with Gasteiger partial charge in [-0.25, -0.2) is 13.4 Å². The first-order valence-corrected chi connectivity index (χ1v) is 14.0. The molecule has 0 radical (unpaired) electrons. The van der Waals surface area contributed by atoms with Crippen LogP contribution in [0.1, 0.15) is 55.6 Å². The number of carbonyl (C=O) groups is 1. The molecule has 0 spiro atoms. The van der Waals surface area contributed by atoms with Crippen LogP contribution in [0.25, 0.3) is 0 Å². The quantitative estimate of drug-likeness (QED) is 0.555. The largest absolute Gasteiger partial charge is 0.472 e. The zero-order valence-electron chi connectivity index (χ0n) is 22.4. The highest BCUT2D eigenvalue weighted by molar-refractivity contribution is 7.89. The number of amides is 1. The summed E-state index contributed by atoms with van der Waals surface area (Å²) >= 11 is 0. The van der Waals surface area contributed by atoms with Crippen molar-refractivity contribution >= 4 is 15.9 Å². The van der Waals surface area contributed by atoms with Gasteiger partial charge in [0.25, 0.3) is 5.91 Å². The molecule has 0 saturated heterocycles. The summed E-state index contributed by atoms with van der Waals surface area (Å²) in [5, 5.41) is 9.84. The third-order valence-corrected chi connectivity index (χ3v) is 8.27. The lowest BCUT2D eigenvalue weighted by molar-refractivity contribution is 0.0373. The maximum atomic E-state index is 13.5. The minimum atomic E-state index is -3.75.